The van der Waals surface area contributed by atoms with Crippen molar-refractivity contribution in [1.82, 2.24) is 0 Å². The molecule has 0 spiro atoms. The molecule has 2 aromatic carbocycles. The van der Waals surface area contributed by atoms with Gasteiger partial charge < -0.3 is 9.15 Å². The Bertz CT molecular complexity index is 892. The highest BCUT2D eigenvalue weighted by Gasteiger charge is 2.06. The van der Waals surface area contributed by atoms with Gasteiger partial charge in [0.1, 0.15) is 23.4 Å². The van der Waals surface area contributed by atoms with Crippen LogP contribution in [-0.4, -0.2) is 7.11 Å². The topological polar surface area (TPSA) is 39.4 Å². The summed E-state index contributed by atoms with van der Waals surface area (Å²) in [4.78, 5) is 12.4. The summed E-state index contributed by atoms with van der Waals surface area (Å²) < 4.78 is 23.4. The molecular formula is C18H13FO3. The molecule has 4 heteroatoms. The summed E-state index contributed by atoms with van der Waals surface area (Å²) in [5.41, 5.74) is 1.59. The van der Waals surface area contributed by atoms with Crippen molar-refractivity contribution >= 4 is 23.1 Å². The molecule has 0 aliphatic heterocycles. The summed E-state index contributed by atoms with van der Waals surface area (Å²) in [5.74, 6) is 0.335. The Kier molecular flexibility index (Phi) is 3.74. The van der Waals surface area contributed by atoms with Gasteiger partial charge in [-0.15, -0.1) is 0 Å². The lowest BCUT2D eigenvalue weighted by Gasteiger charge is -2.02. The second-order valence-corrected chi connectivity index (χ2v) is 4.77. The lowest BCUT2D eigenvalue weighted by molar-refractivity contribution is 0.414. The van der Waals surface area contributed by atoms with Crippen molar-refractivity contribution < 1.29 is 13.5 Å². The molecule has 0 amide bonds. The SMILES string of the molecule is COc1ccc2c(=O)c(/C=C/c3ccc(F)cc3)coc2c1. The van der Waals surface area contributed by atoms with Crippen molar-refractivity contribution in [3.8, 4) is 5.75 Å². The highest BCUT2D eigenvalue weighted by molar-refractivity contribution is 5.81. The zero-order chi connectivity index (χ0) is 15.5. The van der Waals surface area contributed by atoms with Gasteiger partial charge in [-0.2, -0.15) is 0 Å². The van der Waals surface area contributed by atoms with Gasteiger partial charge in [-0.25, -0.2) is 4.39 Å². The number of benzene rings is 2. The van der Waals surface area contributed by atoms with E-state index in [9.17, 15) is 9.18 Å². The summed E-state index contributed by atoms with van der Waals surface area (Å²) in [6.45, 7) is 0. The monoisotopic (exact) mass is 296 g/mol. The van der Waals surface area contributed by atoms with Crippen LogP contribution < -0.4 is 10.2 Å². The van der Waals surface area contributed by atoms with Crippen LogP contribution in [-0.2, 0) is 0 Å². The summed E-state index contributed by atoms with van der Waals surface area (Å²) in [5, 5.41) is 0.488. The molecule has 0 fully saturated rings. The van der Waals surface area contributed by atoms with Crippen LogP contribution in [0.15, 0.2) is 57.9 Å². The molecule has 3 rings (SSSR count). The van der Waals surface area contributed by atoms with Gasteiger partial charge in [0.15, 0.2) is 5.43 Å². The first-order valence-corrected chi connectivity index (χ1v) is 6.70. The van der Waals surface area contributed by atoms with E-state index in [1.807, 2.05) is 0 Å². The maximum atomic E-state index is 12.9. The zero-order valence-corrected chi connectivity index (χ0v) is 11.9. The largest absolute Gasteiger partial charge is 0.497 e. The summed E-state index contributed by atoms with van der Waals surface area (Å²) >= 11 is 0. The standard InChI is InChI=1S/C18H13FO3/c1-21-15-8-9-16-17(10-15)22-11-13(18(16)20)5-2-12-3-6-14(19)7-4-12/h2-11H,1H3/b5-2+. The maximum absolute atomic E-state index is 12.9. The van der Waals surface area contributed by atoms with E-state index in [-0.39, 0.29) is 11.2 Å². The number of ether oxygens (including phenoxy) is 1. The molecule has 1 heterocycles. The Morgan fingerprint density at radius 3 is 2.59 bits per heavy atom. The summed E-state index contributed by atoms with van der Waals surface area (Å²) in [6.07, 6.45) is 4.80. The molecule has 22 heavy (non-hydrogen) atoms. The molecule has 0 bridgehead atoms. The highest BCUT2D eigenvalue weighted by Crippen LogP contribution is 2.19. The van der Waals surface area contributed by atoms with E-state index in [0.717, 1.165) is 5.56 Å². The lowest BCUT2D eigenvalue weighted by Crippen LogP contribution is -2.04. The number of rotatable bonds is 3. The van der Waals surface area contributed by atoms with E-state index in [0.29, 0.717) is 22.3 Å². The fourth-order valence-electron chi connectivity index (χ4n) is 2.13. The van der Waals surface area contributed by atoms with Crippen molar-refractivity contribution in [3.63, 3.8) is 0 Å². The molecule has 0 saturated heterocycles. The summed E-state index contributed by atoms with van der Waals surface area (Å²) in [6, 6.07) is 11.1. The molecule has 0 N–H and O–H groups in total. The van der Waals surface area contributed by atoms with Crippen LogP contribution in [0.4, 0.5) is 4.39 Å². The van der Waals surface area contributed by atoms with E-state index in [2.05, 4.69) is 0 Å². The predicted octanol–water partition coefficient (Wildman–Crippen LogP) is 4.11. The Morgan fingerprint density at radius 2 is 1.86 bits per heavy atom. The Labute approximate surface area is 126 Å². The molecule has 3 nitrogen and oxygen atoms in total. The molecule has 0 aliphatic rings. The second-order valence-electron chi connectivity index (χ2n) is 4.77. The van der Waals surface area contributed by atoms with Crippen molar-refractivity contribution in [2.45, 2.75) is 0 Å². The van der Waals surface area contributed by atoms with E-state index in [4.69, 9.17) is 9.15 Å². The number of hydrogen-bond acceptors (Lipinski definition) is 3. The van der Waals surface area contributed by atoms with E-state index >= 15 is 0 Å². The van der Waals surface area contributed by atoms with Gasteiger partial charge in [0.05, 0.1) is 18.1 Å². The van der Waals surface area contributed by atoms with Gasteiger partial charge in [0, 0.05) is 6.07 Å². The quantitative estimate of drug-likeness (QED) is 0.730. The molecule has 1 aromatic heterocycles. The number of hydrogen-bond donors (Lipinski definition) is 0. The Balaban J connectivity index is 1.99. The van der Waals surface area contributed by atoms with E-state index in [1.165, 1.54) is 18.4 Å². The van der Waals surface area contributed by atoms with Gasteiger partial charge >= 0.3 is 0 Å². The lowest BCUT2D eigenvalue weighted by atomic mass is 10.1. The van der Waals surface area contributed by atoms with Gasteiger partial charge in [-0.05, 0) is 35.9 Å². The van der Waals surface area contributed by atoms with Gasteiger partial charge in [-0.1, -0.05) is 18.2 Å². The molecule has 3 aromatic rings. The van der Waals surface area contributed by atoms with Crippen molar-refractivity contribution in [2.24, 2.45) is 0 Å². The number of fused-ring (bicyclic) bond motifs is 1. The maximum Gasteiger partial charge on any atom is 0.199 e. The van der Waals surface area contributed by atoms with E-state index < -0.39 is 0 Å². The molecular weight excluding hydrogens is 283 g/mol. The van der Waals surface area contributed by atoms with Gasteiger partial charge in [-0.3, -0.25) is 4.79 Å². The molecule has 0 saturated carbocycles. The van der Waals surface area contributed by atoms with Crippen LogP contribution in [0.5, 0.6) is 5.75 Å². The van der Waals surface area contributed by atoms with Crippen LogP contribution in [0.2, 0.25) is 0 Å². The first kappa shape index (κ1) is 14.1. The van der Waals surface area contributed by atoms with Crippen LogP contribution >= 0.6 is 0 Å². The molecule has 0 radical (unpaired) electrons. The first-order valence-electron chi connectivity index (χ1n) is 6.70. The fourth-order valence-corrected chi connectivity index (χ4v) is 2.13. The van der Waals surface area contributed by atoms with Crippen LogP contribution in [0.25, 0.3) is 23.1 Å². The molecule has 110 valence electrons. The van der Waals surface area contributed by atoms with E-state index in [1.54, 1.807) is 49.6 Å². The van der Waals surface area contributed by atoms with Gasteiger partial charge in [0.25, 0.3) is 0 Å². The average molecular weight is 296 g/mol. The summed E-state index contributed by atoms with van der Waals surface area (Å²) in [7, 11) is 1.55. The van der Waals surface area contributed by atoms with Crippen molar-refractivity contribution in [2.75, 3.05) is 7.11 Å². The number of halogens is 1. The van der Waals surface area contributed by atoms with Crippen LogP contribution in [0.1, 0.15) is 11.1 Å². The molecule has 0 atom stereocenters. The molecule has 0 aliphatic carbocycles. The third kappa shape index (κ3) is 2.76. The average Bonchev–Trinajstić information content (AvgIpc) is 2.55. The zero-order valence-electron chi connectivity index (χ0n) is 11.9. The minimum atomic E-state index is -0.295. The van der Waals surface area contributed by atoms with Crippen molar-refractivity contribution in [1.29, 1.82) is 0 Å². The molecule has 0 unspecified atom stereocenters. The van der Waals surface area contributed by atoms with Crippen LogP contribution in [0.3, 0.4) is 0 Å². The smallest absolute Gasteiger partial charge is 0.199 e. The minimum Gasteiger partial charge on any atom is -0.497 e. The third-order valence-electron chi connectivity index (χ3n) is 3.33. The van der Waals surface area contributed by atoms with Crippen molar-refractivity contribution in [3.05, 3.63) is 75.9 Å². The number of methoxy groups -OCH3 is 1. The fraction of sp³-hybridized carbons (Fsp3) is 0.0556. The first-order chi connectivity index (χ1) is 10.7. The minimum absolute atomic E-state index is 0.123. The van der Waals surface area contributed by atoms with Gasteiger partial charge in [0.2, 0.25) is 0 Å². The Morgan fingerprint density at radius 1 is 1.09 bits per heavy atom. The second kappa shape index (κ2) is 5.85. The normalized spacial score (nSPS) is 11.2. The van der Waals surface area contributed by atoms with Crippen LogP contribution in [0, 0.1) is 5.82 Å². The Hall–Kier alpha value is -2.88. The predicted molar refractivity (Wildman–Crippen MR) is 84.4 cm³/mol. The third-order valence-corrected chi connectivity index (χ3v) is 3.33. The highest BCUT2D eigenvalue weighted by atomic mass is 19.1.